The van der Waals surface area contributed by atoms with Gasteiger partial charge in [0.25, 0.3) is 0 Å². The van der Waals surface area contributed by atoms with Crippen LogP contribution in [0.3, 0.4) is 0 Å². The van der Waals surface area contributed by atoms with Crippen LogP contribution in [-0.4, -0.2) is 11.5 Å². The van der Waals surface area contributed by atoms with Gasteiger partial charge in [-0.2, -0.15) is 0 Å². The van der Waals surface area contributed by atoms with Crippen molar-refractivity contribution in [1.82, 2.24) is 4.98 Å². The third kappa shape index (κ3) is 2.37. The Bertz CT molecular complexity index is 490. The molecule has 1 unspecified atom stereocenters. The molecular weight excluding hydrogens is 304 g/mol. The Kier molecular flexibility index (Phi) is 3.79. The Labute approximate surface area is 112 Å². The van der Waals surface area contributed by atoms with Gasteiger partial charge in [0.2, 0.25) is 0 Å². The highest BCUT2D eigenvalue weighted by molar-refractivity contribution is 9.11. The number of halogens is 1. The highest BCUT2D eigenvalue weighted by Gasteiger charge is 2.14. The maximum Gasteiger partial charge on any atom is 0.133 e. The van der Waals surface area contributed by atoms with Gasteiger partial charge < -0.3 is 5.73 Å². The smallest absolute Gasteiger partial charge is 0.133 e. The highest BCUT2D eigenvalue weighted by atomic mass is 79.9. The van der Waals surface area contributed by atoms with Crippen molar-refractivity contribution in [3.63, 3.8) is 0 Å². The summed E-state index contributed by atoms with van der Waals surface area (Å²) in [4.78, 5) is 7.14. The summed E-state index contributed by atoms with van der Waals surface area (Å²) in [5.74, 6) is 0.398. The van der Waals surface area contributed by atoms with Gasteiger partial charge in [-0.3, -0.25) is 0 Å². The van der Waals surface area contributed by atoms with Crippen molar-refractivity contribution in [1.29, 1.82) is 0 Å². The Morgan fingerprint density at radius 1 is 1.44 bits per heavy atom. The molecule has 0 amide bonds. The molecule has 5 heteroatoms. The standard InChI is InChI=1S/C11H13BrN2S2/c1-6(5-13)10-7(2)14-11(16-10)8-3-4-9(12)15-8/h3-4,6H,5,13H2,1-2H3. The van der Waals surface area contributed by atoms with E-state index in [-0.39, 0.29) is 0 Å². The number of thiophene rings is 1. The number of hydrogen-bond donors (Lipinski definition) is 1. The van der Waals surface area contributed by atoms with E-state index in [1.807, 2.05) is 0 Å². The molecule has 2 aromatic rings. The van der Waals surface area contributed by atoms with Crippen LogP contribution in [0.15, 0.2) is 15.9 Å². The molecule has 0 radical (unpaired) electrons. The third-order valence-electron chi connectivity index (χ3n) is 2.42. The fourth-order valence-electron chi connectivity index (χ4n) is 1.51. The predicted molar refractivity (Wildman–Crippen MR) is 75.3 cm³/mol. The van der Waals surface area contributed by atoms with Crippen molar-refractivity contribution >= 4 is 38.6 Å². The molecule has 0 bridgehead atoms. The van der Waals surface area contributed by atoms with E-state index in [0.29, 0.717) is 12.5 Å². The van der Waals surface area contributed by atoms with E-state index in [1.165, 1.54) is 9.75 Å². The van der Waals surface area contributed by atoms with Gasteiger partial charge in [-0.05, 0) is 41.5 Å². The SMILES string of the molecule is Cc1nc(-c2ccc(Br)s2)sc1C(C)CN. The molecule has 0 aromatic carbocycles. The predicted octanol–water partition coefficient (Wildman–Crippen LogP) is 4.00. The second kappa shape index (κ2) is 4.96. The molecule has 0 aliphatic carbocycles. The number of nitrogens with two attached hydrogens (primary N) is 1. The van der Waals surface area contributed by atoms with E-state index in [9.17, 15) is 0 Å². The van der Waals surface area contributed by atoms with E-state index in [2.05, 4.69) is 46.9 Å². The van der Waals surface area contributed by atoms with Crippen molar-refractivity contribution in [2.45, 2.75) is 19.8 Å². The van der Waals surface area contributed by atoms with E-state index in [0.717, 1.165) is 14.5 Å². The number of thiazole rings is 1. The van der Waals surface area contributed by atoms with Crippen LogP contribution in [0, 0.1) is 6.92 Å². The van der Waals surface area contributed by atoms with Gasteiger partial charge in [-0.25, -0.2) is 4.98 Å². The fourth-order valence-corrected chi connectivity index (χ4v) is 4.08. The molecule has 0 spiro atoms. The van der Waals surface area contributed by atoms with Crippen LogP contribution in [-0.2, 0) is 0 Å². The zero-order chi connectivity index (χ0) is 11.7. The lowest BCUT2D eigenvalue weighted by Gasteiger charge is -2.04. The Hall–Kier alpha value is -0.230. The van der Waals surface area contributed by atoms with E-state index < -0.39 is 0 Å². The summed E-state index contributed by atoms with van der Waals surface area (Å²) < 4.78 is 1.14. The van der Waals surface area contributed by atoms with Crippen molar-refractivity contribution in [3.05, 3.63) is 26.5 Å². The van der Waals surface area contributed by atoms with Crippen molar-refractivity contribution in [3.8, 4) is 9.88 Å². The average Bonchev–Trinajstić information content (AvgIpc) is 2.83. The largest absolute Gasteiger partial charge is 0.330 e. The van der Waals surface area contributed by atoms with Crippen LogP contribution in [0.1, 0.15) is 23.4 Å². The maximum atomic E-state index is 5.70. The van der Waals surface area contributed by atoms with Gasteiger partial charge in [0.1, 0.15) is 5.01 Å². The summed E-state index contributed by atoms with van der Waals surface area (Å²) in [6.45, 7) is 4.88. The average molecular weight is 317 g/mol. The second-order valence-electron chi connectivity index (χ2n) is 3.71. The van der Waals surface area contributed by atoms with Crippen LogP contribution in [0.4, 0.5) is 0 Å². The normalized spacial score (nSPS) is 13.0. The molecule has 2 aromatic heterocycles. The van der Waals surface area contributed by atoms with Crippen LogP contribution >= 0.6 is 38.6 Å². The number of nitrogens with zero attached hydrogens (tertiary/aromatic N) is 1. The minimum Gasteiger partial charge on any atom is -0.330 e. The van der Waals surface area contributed by atoms with Gasteiger partial charge >= 0.3 is 0 Å². The topological polar surface area (TPSA) is 38.9 Å². The Morgan fingerprint density at radius 3 is 2.75 bits per heavy atom. The van der Waals surface area contributed by atoms with Gasteiger partial charge in [0, 0.05) is 10.8 Å². The summed E-state index contributed by atoms with van der Waals surface area (Å²) >= 11 is 6.95. The number of rotatable bonds is 3. The van der Waals surface area contributed by atoms with Crippen molar-refractivity contribution < 1.29 is 0 Å². The second-order valence-corrected chi connectivity index (χ2v) is 7.20. The summed E-state index contributed by atoms with van der Waals surface area (Å²) in [6.07, 6.45) is 0. The van der Waals surface area contributed by atoms with Gasteiger partial charge in [0.15, 0.2) is 0 Å². The van der Waals surface area contributed by atoms with E-state index >= 15 is 0 Å². The van der Waals surface area contributed by atoms with E-state index in [1.54, 1.807) is 22.7 Å². The highest BCUT2D eigenvalue weighted by Crippen LogP contribution is 2.37. The molecule has 0 fully saturated rings. The minimum atomic E-state index is 0.398. The lowest BCUT2D eigenvalue weighted by molar-refractivity contribution is 0.780. The molecule has 0 saturated carbocycles. The van der Waals surface area contributed by atoms with Crippen LogP contribution < -0.4 is 5.73 Å². The zero-order valence-corrected chi connectivity index (χ0v) is 12.4. The number of aryl methyl sites for hydroxylation is 1. The molecule has 16 heavy (non-hydrogen) atoms. The monoisotopic (exact) mass is 316 g/mol. The first-order chi connectivity index (χ1) is 7.61. The molecule has 2 N–H and O–H groups in total. The molecule has 0 saturated heterocycles. The summed E-state index contributed by atoms with van der Waals surface area (Å²) in [5, 5.41) is 1.10. The minimum absolute atomic E-state index is 0.398. The summed E-state index contributed by atoms with van der Waals surface area (Å²) in [5.41, 5.74) is 6.81. The molecule has 2 rings (SSSR count). The van der Waals surface area contributed by atoms with Crippen molar-refractivity contribution in [2.75, 3.05) is 6.54 Å². The summed E-state index contributed by atoms with van der Waals surface area (Å²) in [7, 11) is 0. The molecule has 0 aliphatic rings. The molecule has 1 atom stereocenters. The first kappa shape index (κ1) is 12.2. The number of hydrogen-bond acceptors (Lipinski definition) is 4. The molecule has 0 aliphatic heterocycles. The molecule has 2 heterocycles. The first-order valence-corrected chi connectivity index (χ1v) is 7.47. The first-order valence-electron chi connectivity index (χ1n) is 5.05. The lowest BCUT2D eigenvalue weighted by Crippen LogP contribution is -2.08. The Balaban J connectivity index is 2.37. The molecule has 2 nitrogen and oxygen atoms in total. The molecule has 86 valence electrons. The van der Waals surface area contributed by atoms with Gasteiger partial charge in [0.05, 0.1) is 14.4 Å². The fraction of sp³-hybridized carbons (Fsp3) is 0.364. The maximum absolute atomic E-state index is 5.70. The quantitative estimate of drug-likeness (QED) is 0.929. The van der Waals surface area contributed by atoms with E-state index in [4.69, 9.17) is 5.73 Å². The van der Waals surface area contributed by atoms with Gasteiger partial charge in [-0.15, -0.1) is 22.7 Å². The third-order valence-corrected chi connectivity index (χ3v) is 5.60. The van der Waals surface area contributed by atoms with Crippen LogP contribution in [0.2, 0.25) is 0 Å². The van der Waals surface area contributed by atoms with Gasteiger partial charge in [-0.1, -0.05) is 6.92 Å². The van der Waals surface area contributed by atoms with Crippen molar-refractivity contribution in [2.24, 2.45) is 5.73 Å². The summed E-state index contributed by atoms with van der Waals surface area (Å²) in [6, 6.07) is 4.16. The van der Waals surface area contributed by atoms with Crippen LogP contribution in [0.5, 0.6) is 0 Å². The lowest BCUT2D eigenvalue weighted by atomic mass is 10.1. The van der Waals surface area contributed by atoms with Crippen LogP contribution in [0.25, 0.3) is 9.88 Å². The molecular formula is C11H13BrN2S2. The number of aromatic nitrogens is 1. The zero-order valence-electron chi connectivity index (χ0n) is 9.16. The Morgan fingerprint density at radius 2 is 2.19 bits per heavy atom.